The molecule has 0 aliphatic carbocycles. The van der Waals surface area contributed by atoms with E-state index >= 15 is 0 Å². The van der Waals surface area contributed by atoms with E-state index in [0.717, 1.165) is 21.3 Å². The van der Waals surface area contributed by atoms with Crippen LogP contribution in [0.25, 0.3) is 0 Å². The first-order valence-electron chi connectivity index (χ1n) is 6.86. The maximum absolute atomic E-state index is 12.5. The minimum atomic E-state index is -0.242. The lowest BCUT2D eigenvalue weighted by Gasteiger charge is -2.21. The first-order chi connectivity index (χ1) is 9.76. The van der Waals surface area contributed by atoms with Gasteiger partial charge in [-0.05, 0) is 75.7 Å². The van der Waals surface area contributed by atoms with Gasteiger partial charge < -0.3 is 4.74 Å². The molecule has 0 aliphatic heterocycles. The fourth-order valence-electron chi connectivity index (χ4n) is 2.07. The minimum absolute atomic E-state index is 0.0299. The Balaban J connectivity index is 2.24. The van der Waals surface area contributed by atoms with Crippen molar-refractivity contribution in [1.82, 2.24) is 0 Å². The van der Waals surface area contributed by atoms with E-state index in [4.69, 9.17) is 4.74 Å². The summed E-state index contributed by atoms with van der Waals surface area (Å²) in [4.78, 5) is 12.5. The van der Waals surface area contributed by atoms with Crippen molar-refractivity contribution in [3.8, 4) is 5.75 Å². The highest BCUT2D eigenvalue weighted by Crippen LogP contribution is 2.22. The molecule has 0 amide bonds. The average molecular weight is 347 g/mol. The Morgan fingerprint density at radius 2 is 1.67 bits per heavy atom. The molecule has 0 saturated heterocycles. The van der Waals surface area contributed by atoms with Gasteiger partial charge in [-0.1, -0.05) is 15.9 Å². The van der Waals surface area contributed by atoms with Crippen LogP contribution in [0, 0.1) is 6.92 Å². The van der Waals surface area contributed by atoms with Crippen molar-refractivity contribution >= 4 is 21.7 Å². The molecule has 0 atom stereocenters. The van der Waals surface area contributed by atoms with Crippen molar-refractivity contribution in [2.45, 2.75) is 33.3 Å². The van der Waals surface area contributed by atoms with E-state index in [9.17, 15) is 4.79 Å². The van der Waals surface area contributed by atoms with Crippen molar-refractivity contribution < 1.29 is 9.53 Å². The Kier molecular flexibility index (Phi) is 4.52. The number of ether oxygens (including phenoxy) is 1. The average Bonchev–Trinajstić information content (AvgIpc) is 2.37. The highest BCUT2D eigenvalue weighted by molar-refractivity contribution is 9.10. The van der Waals surface area contributed by atoms with Crippen LogP contribution in [0.4, 0.5) is 0 Å². The van der Waals surface area contributed by atoms with Gasteiger partial charge in [-0.3, -0.25) is 4.79 Å². The monoisotopic (exact) mass is 346 g/mol. The van der Waals surface area contributed by atoms with Crippen molar-refractivity contribution in [3.05, 3.63) is 63.6 Å². The predicted molar refractivity (Wildman–Crippen MR) is 89.1 cm³/mol. The van der Waals surface area contributed by atoms with Crippen molar-refractivity contribution in [2.75, 3.05) is 0 Å². The highest BCUT2D eigenvalue weighted by atomic mass is 79.9. The van der Waals surface area contributed by atoms with E-state index in [2.05, 4.69) is 15.9 Å². The molecule has 3 heteroatoms. The van der Waals surface area contributed by atoms with E-state index in [-0.39, 0.29) is 11.4 Å². The largest absolute Gasteiger partial charge is 0.488 e. The molecule has 2 aromatic carbocycles. The van der Waals surface area contributed by atoms with E-state index in [1.165, 1.54) is 0 Å². The van der Waals surface area contributed by atoms with Gasteiger partial charge in [0.1, 0.15) is 11.4 Å². The molecule has 0 radical (unpaired) electrons. The molecule has 0 heterocycles. The molecule has 21 heavy (non-hydrogen) atoms. The second kappa shape index (κ2) is 6.02. The lowest BCUT2D eigenvalue weighted by atomic mass is 9.99. The zero-order valence-electron chi connectivity index (χ0n) is 12.7. The third kappa shape index (κ3) is 4.18. The second-order valence-electron chi connectivity index (χ2n) is 6.03. The summed E-state index contributed by atoms with van der Waals surface area (Å²) >= 11 is 3.41. The zero-order chi connectivity index (χ0) is 15.6. The fourth-order valence-corrected chi connectivity index (χ4v) is 2.54. The van der Waals surface area contributed by atoms with Gasteiger partial charge in [-0.25, -0.2) is 0 Å². The maximum atomic E-state index is 12.5. The van der Waals surface area contributed by atoms with Gasteiger partial charge in [0.25, 0.3) is 0 Å². The third-order valence-corrected chi connectivity index (χ3v) is 3.47. The molecule has 0 aromatic heterocycles. The first kappa shape index (κ1) is 15.8. The summed E-state index contributed by atoms with van der Waals surface area (Å²) in [5.74, 6) is 0.800. The maximum Gasteiger partial charge on any atom is 0.193 e. The Bertz CT molecular complexity index is 652. The van der Waals surface area contributed by atoms with Crippen LogP contribution in [0.3, 0.4) is 0 Å². The summed E-state index contributed by atoms with van der Waals surface area (Å²) in [7, 11) is 0. The van der Waals surface area contributed by atoms with Gasteiger partial charge in [0.05, 0.1) is 0 Å². The number of carbonyl (C=O) groups excluding carboxylic acids is 1. The molecule has 0 bridgehead atoms. The molecule has 110 valence electrons. The Morgan fingerprint density at radius 3 is 2.19 bits per heavy atom. The molecule has 0 spiro atoms. The number of carbonyl (C=O) groups is 1. The van der Waals surface area contributed by atoms with E-state index in [1.54, 1.807) is 0 Å². The van der Waals surface area contributed by atoms with Crippen LogP contribution in [0.15, 0.2) is 46.9 Å². The molecule has 0 aliphatic rings. The molecule has 0 N–H and O–H groups in total. The van der Waals surface area contributed by atoms with E-state index in [0.29, 0.717) is 5.56 Å². The number of benzene rings is 2. The van der Waals surface area contributed by atoms with Gasteiger partial charge in [0, 0.05) is 15.6 Å². The van der Waals surface area contributed by atoms with Crippen molar-refractivity contribution in [1.29, 1.82) is 0 Å². The molecule has 0 fully saturated rings. The summed E-state index contributed by atoms with van der Waals surface area (Å²) in [6.45, 7) is 7.93. The Hall–Kier alpha value is -1.61. The normalized spacial score (nSPS) is 11.3. The first-order valence-corrected chi connectivity index (χ1v) is 7.65. The van der Waals surface area contributed by atoms with E-state index in [1.807, 2.05) is 70.2 Å². The molecule has 0 saturated carbocycles. The molecule has 2 nitrogen and oxygen atoms in total. The smallest absolute Gasteiger partial charge is 0.193 e. The third-order valence-electron chi connectivity index (χ3n) is 2.97. The van der Waals surface area contributed by atoms with E-state index < -0.39 is 0 Å². The number of rotatable bonds is 3. The van der Waals surface area contributed by atoms with Gasteiger partial charge in [0.2, 0.25) is 0 Å². The predicted octanol–water partition coefficient (Wildman–Crippen LogP) is 5.17. The highest BCUT2D eigenvalue weighted by Gasteiger charge is 2.14. The Morgan fingerprint density at radius 1 is 1.05 bits per heavy atom. The standard InChI is InChI=1S/C18H19BrO2/c1-12-11-14(19)7-10-16(12)17(20)13-5-8-15(9-6-13)21-18(2,3)4/h5-11H,1-4H3. The number of aryl methyl sites for hydroxylation is 1. The van der Waals surface area contributed by atoms with Crippen LogP contribution in [-0.4, -0.2) is 11.4 Å². The number of halogens is 1. The molecule has 2 rings (SSSR count). The molecule has 2 aromatic rings. The number of hydrogen-bond acceptors (Lipinski definition) is 2. The van der Waals surface area contributed by atoms with Crippen LogP contribution in [0.5, 0.6) is 5.75 Å². The summed E-state index contributed by atoms with van der Waals surface area (Å²) < 4.78 is 6.74. The molecular formula is C18H19BrO2. The van der Waals surface area contributed by atoms with Crippen LogP contribution >= 0.6 is 15.9 Å². The van der Waals surface area contributed by atoms with Gasteiger partial charge in [-0.2, -0.15) is 0 Å². The summed E-state index contributed by atoms with van der Waals surface area (Å²) in [6, 6.07) is 13.0. The number of hydrogen-bond donors (Lipinski definition) is 0. The minimum Gasteiger partial charge on any atom is -0.488 e. The lowest BCUT2D eigenvalue weighted by molar-refractivity contribution is 0.103. The van der Waals surface area contributed by atoms with Crippen LogP contribution < -0.4 is 4.74 Å². The van der Waals surface area contributed by atoms with Gasteiger partial charge in [0.15, 0.2) is 5.78 Å². The summed E-state index contributed by atoms with van der Waals surface area (Å²) in [5.41, 5.74) is 2.11. The lowest BCUT2D eigenvalue weighted by Crippen LogP contribution is -2.22. The zero-order valence-corrected chi connectivity index (χ0v) is 14.3. The fraction of sp³-hybridized carbons (Fsp3) is 0.278. The van der Waals surface area contributed by atoms with Crippen LogP contribution in [0.2, 0.25) is 0 Å². The summed E-state index contributed by atoms with van der Waals surface area (Å²) in [6.07, 6.45) is 0. The second-order valence-corrected chi connectivity index (χ2v) is 6.94. The topological polar surface area (TPSA) is 26.3 Å². The molecule has 0 unspecified atom stereocenters. The van der Waals surface area contributed by atoms with Crippen LogP contribution in [0.1, 0.15) is 42.3 Å². The summed E-state index contributed by atoms with van der Waals surface area (Å²) in [5, 5.41) is 0. The van der Waals surface area contributed by atoms with Crippen molar-refractivity contribution in [2.24, 2.45) is 0 Å². The SMILES string of the molecule is Cc1cc(Br)ccc1C(=O)c1ccc(OC(C)(C)C)cc1. The van der Waals surface area contributed by atoms with Crippen molar-refractivity contribution in [3.63, 3.8) is 0 Å². The Labute approximate surface area is 134 Å². The van der Waals surface area contributed by atoms with Gasteiger partial charge >= 0.3 is 0 Å². The molecular weight excluding hydrogens is 328 g/mol. The quantitative estimate of drug-likeness (QED) is 0.717. The van der Waals surface area contributed by atoms with Gasteiger partial charge in [-0.15, -0.1) is 0 Å². The van der Waals surface area contributed by atoms with Crippen LogP contribution in [-0.2, 0) is 0 Å². The number of ketones is 1.